The molecule has 0 fully saturated rings. The first-order chi connectivity index (χ1) is 14.7. The molecule has 10 heteroatoms. The van der Waals surface area contributed by atoms with Crippen molar-refractivity contribution in [3.8, 4) is 0 Å². The van der Waals surface area contributed by atoms with Gasteiger partial charge in [-0.25, -0.2) is 9.78 Å². The molecule has 31 heavy (non-hydrogen) atoms. The van der Waals surface area contributed by atoms with E-state index in [0.717, 1.165) is 5.56 Å². The van der Waals surface area contributed by atoms with Gasteiger partial charge in [-0.3, -0.25) is 9.59 Å². The number of pyridine rings is 1. The molecular weight excluding hydrogens is 445 g/mol. The molecule has 0 aliphatic carbocycles. The second-order valence-electron chi connectivity index (χ2n) is 6.47. The number of nitrogens with one attached hydrogen (secondary N) is 2. The van der Waals surface area contributed by atoms with Crippen LogP contribution in [0.15, 0.2) is 47.1 Å². The van der Waals surface area contributed by atoms with Crippen LogP contribution in [-0.2, 0) is 9.53 Å². The van der Waals surface area contributed by atoms with Crippen LogP contribution < -0.4 is 10.6 Å². The summed E-state index contributed by atoms with van der Waals surface area (Å²) in [6, 6.07) is 9.20. The number of esters is 1. The average Bonchev–Trinajstić information content (AvgIpc) is 3.27. The number of hydrogen-bond donors (Lipinski definition) is 2. The van der Waals surface area contributed by atoms with E-state index in [1.54, 1.807) is 26.0 Å². The van der Waals surface area contributed by atoms with Crippen LogP contribution in [0.5, 0.6) is 0 Å². The lowest BCUT2D eigenvalue weighted by Gasteiger charge is -2.11. The van der Waals surface area contributed by atoms with Gasteiger partial charge in [0.1, 0.15) is 0 Å². The van der Waals surface area contributed by atoms with Crippen molar-refractivity contribution in [3.63, 3.8) is 0 Å². The van der Waals surface area contributed by atoms with E-state index in [2.05, 4.69) is 15.6 Å². The summed E-state index contributed by atoms with van der Waals surface area (Å²) in [6.07, 6.45) is 1.38. The summed E-state index contributed by atoms with van der Waals surface area (Å²) in [5.41, 5.74) is 1.79. The van der Waals surface area contributed by atoms with E-state index in [1.807, 2.05) is 0 Å². The van der Waals surface area contributed by atoms with Crippen LogP contribution in [-0.4, -0.2) is 29.4 Å². The number of hydrogen-bond acceptors (Lipinski definition) is 6. The fourth-order valence-corrected chi connectivity index (χ4v) is 2.91. The van der Waals surface area contributed by atoms with Crippen LogP contribution in [0.3, 0.4) is 0 Å². The first-order valence-corrected chi connectivity index (χ1v) is 9.75. The fraction of sp³-hybridized carbons (Fsp3) is 0.143. The Morgan fingerprint density at radius 2 is 1.84 bits per heavy atom. The maximum absolute atomic E-state index is 12.4. The molecule has 0 aliphatic rings. The van der Waals surface area contributed by atoms with Crippen LogP contribution in [0.25, 0.3) is 0 Å². The van der Waals surface area contributed by atoms with Crippen molar-refractivity contribution in [1.29, 1.82) is 0 Å². The van der Waals surface area contributed by atoms with E-state index in [9.17, 15) is 14.4 Å². The van der Waals surface area contributed by atoms with Crippen molar-refractivity contribution in [2.24, 2.45) is 0 Å². The van der Waals surface area contributed by atoms with Crippen LogP contribution in [0.1, 0.15) is 32.2 Å². The fourth-order valence-electron chi connectivity index (χ4n) is 2.50. The standard InChI is InChI=1S/C21H17Cl2N3O5/c1-11-5-6-13(8-16(11)25-20(28)17-4-3-7-30-17)21(29)31-10-18(27)26-19-15(23)9-14(22)12(2)24-19/h3-9H,10H2,1-2H3,(H,25,28)(H,24,26,27). The summed E-state index contributed by atoms with van der Waals surface area (Å²) in [5.74, 6) is -1.57. The predicted molar refractivity (Wildman–Crippen MR) is 116 cm³/mol. The SMILES string of the molecule is Cc1ccc(C(=O)OCC(=O)Nc2nc(C)c(Cl)cc2Cl)cc1NC(=O)c1ccco1. The Bertz CT molecular complexity index is 1150. The lowest BCUT2D eigenvalue weighted by atomic mass is 10.1. The molecule has 0 spiro atoms. The van der Waals surface area contributed by atoms with Crippen molar-refractivity contribution in [1.82, 2.24) is 4.98 Å². The maximum atomic E-state index is 12.4. The monoisotopic (exact) mass is 461 g/mol. The Kier molecular flexibility index (Phi) is 6.94. The summed E-state index contributed by atoms with van der Waals surface area (Å²) in [4.78, 5) is 40.7. The highest BCUT2D eigenvalue weighted by molar-refractivity contribution is 6.36. The highest BCUT2D eigenvalue weighted by atomic mass is 35.5. The Hall–Kier alpha value is -3.36. The smallest absolute Gasteiger partial charge is 0.338 e. The molecule has 0 saturated carbocycles. The van der Waals surface area contributed by atoms with Gasteiger partial charge in [0.2, 0.25) is 0 Å². The van der Waals surface area contributed by atoms with Crippen LogP contribution in [0, 0.1) is 13.8 Å². The Morgan fingerprint density at radius 3 is 2.55 bits per heavy atom. The minimum atomic E-state index is -0.741. The van der Waals surface area contributed by atoms with Gasteiger partial charge in [0.25, 0.3) is 11.8 Å². The summed E-state index contributed by atoms with van der Waals surface area (Å²) in [6.45, 7) is 2.87. The number of furan rings is 1. The molecule has 0 aliphatic heterocycles. The molecule has 2 heterocycles. The van der Waals surface area contributed by atoms with E-state index in [0.29, 0.717) is 16.4 Å². The Labute approximate surface area is 187 Å². The molecule has 0 radical (unpaired) electrons. The summed E-state index contributed by atoms with van der Waals surface area (Å²) in [7, 11) is 0. The number of nitrogens with zero attached hydrogens (tertiary/aromatic N) is 1. The lowest BCUT2D eigenvalue weighted by molar-refractivity contribution is -0.119. The van der Waals surface area contributed by atoms with Crippen molar-refractivity contribution in [2.45, 2.75) is 13.8 Å². The van der Waals surface area contributed by atoms with Crippen LogP contribution >= 0.6 is 23.2 Å². The van der Waals surface area contributed by atoms with Gasteiger partial charge >= 0.3 is 5.97 Å². The highest BCUT2D eigenvalue weighted by Gasteiger charge is 2.16. The van der Waals surface area contributed by atoms with Crippen molar-refractivity contribution >= 4 is 52.5 Å². The van der Waals surface area contributed by atoms with Gasteiger partial charge in [-0.2, -0.15) is 0 Å². The van der Waals surface area contributed by atoms with Gasteiger partial charge in [0.05, 0.1) is 27.6 Å². The number of carbonyl (C=O) groups excluding carboxylic acids is 3. The van der Waals surface area contributed by atoms with E-state index in [-0.39, 0.29) is 22.2 Å². The normalized spacial score (nSPS) is 10.5. The topological polar surface area (TPSA) is 111 Å². The van der Waals surface area contributed by atoms with Gasteiger partial charge in [-0.05, 0) is 49.7 Å². The molecule has 0 saturated heterocycles. The number of rotatable bonds is 6. The van der Waals surface area contributed by atoms with Crippen molar-refractivity contribution in [3.05, 3.63) is 75.3 Å². The number of aromatic nitrogens is 1. The zero-order valence-corrected chi connectivity index (χ0v) is 18.0. The number of anilines is 2. The van der Waals surface area contributed by atoms with E-state index >= 15 is 0 Å². The predicted octanol–water partition coefficient (Wildman–Crippen LogP) is 4.65. The number of carbonyl (C=O) groups is 3. The number of halogens is 2. The molecule has 2 N–H and O–H groups in total. The lowest BCUT2D eigenvalue weighted by Crippen LogP contribution is -2.22. The van der Waals surface area contributed by atoms with Gasteiger partial charge in [-0.15, -0.1) is 0 Å². The summed E-state index contributed by atoms with van der Waals surface area (Å²) in [5, 5.41) is 5.65. The Balaban J connectivity index is 1.62. The third-order valence-electron chi connectivity index (χ3n) is 4.16. The molecule has 160 valence electrons. The van der Waals surface area contributed by atoms with Crippen LogP contribution in [0.2, 0.25) is 10.0 Å². The molecule has 1 aromatic carbocycles. The molecular formula is C21H17Cl2N3O5. The summed E-state index contributed by atoms with van der Waals surface area (Å²) < 4.78 is 10.1. The van der Waals surface area contributed by atoms with Crippen molar-refractivity contribution < 1.29 is 23.5 Å². The van der Waals surface area contributed by atoms with Gasteiger partial charge in [-0.1, -0.05) is 29.3 Å². The molecule has 0 unspecified atom stereocenters. The van der Waals surface area contributed by atoms with Gasteiger partial charge < -0.3 is 19.8 Å². The number of amides is 2. The van der Waals surface area contributed by atoms with Crippen molar-refractivity contribution in [2.75, 3.05) is 17.2 Å². The molecule has 8 nitrogen and oxygen atoms in total. The average molecular weight is 462 g/mol. The van der Waals surface area contributed by atoms with Gasteiger partial charge in [0, 0.05) is 5.69 Å². The third kappa shape index (κ3) is 5.62. The number of ether oxygens (including phenoxy) is 1. The molecule has 2 aromatic heterocycles. The first-order valence-electron chi connectivity index (χ1n) is 8.99. The van der Waals surface area contributed by atoms with Gasteiger partial charge in [0.15, 0.2) is 18.2 Å². The Morgan fingerprint density at radius 1 is 1.06 bits per heavy atom. The molecule has 3 aromatic rings. The zero-order chi connectivity index (χ0) is 22.5. The number of benzene rings is 1. The quantitative estimate of drug-likeness (QED) is 0.517. The second kappa shape index (κ2) is 9.63. The minimum absolute atomic E-state index is 0.114. The third-order valence-corrected chi connectivity index (χ3v) is 4.83. The first kappa shape index (κ1) is 22.3. The number of aryl methyl sites for hydroxylation is 2. The second-order valence-corrected chi connectivity index (χ2v) is 7.29. The zero-order valence-electron chi connectivity index (χ0n) is 16.5. The van der Waals surface area contributed by atoms with E-state index < -0.39 is 24.4 Å². The maximum Gasteiger partial charge on any atom is 0.338 e. The largest absolute Gasteiger partial charge is 0.459 e. The molecule has 3 rings (SSSR count). The molecule has 0 bridgehead atoms. The van der Waals surface area contributed by atoms with E-state index in [4.69, 9.17) is 32.4 Å². The molecule has 0 atom stereocenters. The minimum Gasteiger partial charge on any atom is -0.459 e. The summed E-state index contributed by atoms with van der Waals surface area (Å²) >= 11 is 11.9. The van der Waals surface area contributed by atoms with E-state index in [1.165, 1.54) is 30.5 Å². The highest BCUT2D eigenvalue weighted by Crippen LogP contribution is 2.25. The molecule has 2 amide bonds. The van der Waals surface area contributed by atoms with Crippen LogP contribution in [0.4, 0.5) is 11.5 Å².